The summed E-state index contributed by atoms with van der Waals surface area (Å²) in [5.74, 6) is -1.13. The highest BCUT2D eigenvalue weighted by Crippen LogP contribution is 2.03. The smallest absolute Gasteiger partial charge is 0.226 e. The number of hydrogen-bond donors (Lipinski definition) is 3. The van der Waals surface area contributed by atoms with Crippen molar-refractivity contribution in [1.29, 1.82) is 0 Å². The Morgan fingerprint density at radius 3 is 2.25 bits per heavy atom. The van der Waals surface area contributed by atoms with Gasteiger partial charge in [0.1, 0.15) is 12.2 Å². The summed E-state index contributed by atoms with van der Waals surface area (Å²) in [6, 6.07) is 0. The van der Waals surface area contributed by atoms with Gasteiger partial charge in [-0.2, -0.15) is 0 Å². The molecule has 0 saturated carbocycles. The summed E-state index contributed by atoms with van der Waals surface area (Å²) in [4.78, 5) is 20.3. The van der Waals surface area contributed by atoms with Crippen molar-refractivity contribution in [3.05, 3.63) is 0 Å². The summed E-state index contributed by atoms with van der Waals surface area (Å²) in [7, 11) is 0. The van der Waals surface area contributed by atoms with Crippen LogP contribution in [0.2, 0.25) is 0 Å². The van der Waals surface area contributed by atoms with Crippen LogP contribution in [0.4, 0.5) is 0 Å². The van der Waals surface area contributed by atoms with Gasteiger partial charge in [-0.25, -0.2) is 0 Å². The normalized spacial score (nSPS) is 18.0. The van der Waals surface area contributed by atoms with Crippen LogP contribution in [-0.4, -0.2) is 45.7 Å². The molecule has 70 valence electrons. The molecule has 5 nitrogen and oxygen atoms in total. The highest BCUT2D eigenvalue weighted by molar-refractivity contribution is 6.27. The lowest BCUT2D eigenvalue weighted by molar-refractivity contribution is -0.143. The number of aliphatic hydroxyl groups excluding tert-OH is 3. The van der Waals surface area contributed by atoms with Gasteiger partial charge in [-0.1, -0.05) is 6.92 Å². The number of aldehydes is 1. The molecule has 0 saturated heterocycles. The standard InChI is InChI=1S/C7H12O5/c1-2-4(9)6(11)7(12)5(10)3-8/h3-4,6-7,9,11-12H,2H2,1H3/t4-,6-,7-/m1/s1. The second-order valence-corrected chi connectivity index (χ2v) is 2.43. The monoisotopic (exact) mass is 176 g/mol. The molecule has 0 heterocycles. The van der Waals surface area contributed by atoms with Gasteiger partial charge >= 0.3 is 0 Å². The summed E-state index contributed by atoms with van der Waals surface area (Å²) in [5, 5.41) is 26.9. The Balaban J connectivity index is 4.17. The van der Waals surface area contributed by atoms with Crippen LogP contribution in [0.15, 0.2) is 0 Å². The van der Waals surface area contributed by atoms with Crippen molar-refractivity contribution in [2.75, 3.05) is 0 Å². The molecule has 0 bridgehead atoms. The first-order valence-corrected chi connectivity index (χ1v) is 3.57. The van der Waals surface area contributed by atoms with E-state index in [1.807, 2.05) is 0 Å². The van der Waals surface area contributed by atoms with Crippen LogP contribution in [-0.2, 0) is 9.59 Å². The third-order valence-corrected chi connectivity index (χ3v) is 1.54. The van der Waals surface area contributed by atoms with Gasteiger partial charge in [0.05, 0.1) is 6.10 Å². The lowest BCUT2D eigenvalue weighted by Crippen LogP contribution is -2.42. The molecule has 0 radical (unpaired) electrons. The molecule has 0 unspecified atom stereocenters. The number of rotatable bonds is 5. The fourth-order valence-corrected chi connectivity index (χ4v) is 0.690. The lowest BCUT2D eigenvalue weighted by atomic mass is 10.0. The van der Waals surface area contributed by atoms with Gasteiger partial charge < -0.3 is 15.3 Å². The van der Waals surface area contributed by atoms with Gasteiger partial charge in [0.25, 0.3) is 0 Å². The maximum atomic E-state index is 10.5. The van der Waals surface area contributed by atoms with E-state index in [0.717, 1.165) is 0 Å². The fourth-order valence-electron chi connectivity index (χ4n) is 0.690. The average molecular weight is 176 g/mol. The second kappa shape index (κ2) is 4.97. The lowest BCUT2D eigenvalue weighted by Gasteiger charge is -2.18. The van der Waals surface area contributed by atoms with Crippen LogP contribution in [0, 0.1) is 0 Å². The first-order chi connectivity index (χ1) is 5.54. The van der Waals surface area contributed by atoms with Crippen molar-refractivity contribution in [1.82, 2.24) is 0 Å². The van der Waals surface area contributed by atoms with Crippen LogP contribution in [0.5, 0.6) is 0 Å². The SMILES string of the molecule is CC[C@@H](O)[C@@H](O)[C@H](O)C(=O)C=O. The third kappa shape index (κ3) is 2.69. The second-order valence-electron chi connectivity index (χ2n) is 2.43. The molecular formula is C7H12O5. The van der Waals surface area contributed by atoms with Crippen LogP contribution in [0.3, 0.4) is 0 Å². The van der Waals surface area contributed by atoms with Gasteiger partial charge in [0.2, 0.25) is 5.78 Å². The van der Waals surface area contributed by atoms with E-state index >= 15 is 0 Å². The zero-order valence-corrected chi connectivity index (χ0v) is 6.67. The number of hydrogen-bond acceptors (Lipinski definition) is 5. The molecule has 0 aromatic heterocycles. The van der Waals surface area contributed by atoms with Crippen LogP contribution in [0.1, 0.15) is 13.3 Å². The minimum Gasteiger partial charge on any atom is -0.390 e. The Hall–Kier alpha value is -0.780. The van der Waals surface area contributed by atoms with Gasteiger partial charge in [-0.05, 0) is 6.42 Å². The molecule has 0 aliphatic heterocycles. The summed E-state index contributed by atoms with van der Waals surface area (Å²) in [5.41, 5.74) is 0. The van der Waals surface area contributed by atoms with E-state index in [1.165, 1.54) is 0 Å². The molecule has 0 fully saturated rings. The predicted octanol–water partition coefficient (Wildman–Crippen LogP) is -1.75. The van der Waals surface area contributed by atoms with E-state index in [1.54, 1.807) is 6.92 Å². The van der Waals surface area contributed by atoms with Gasteiger partial charge in [-0.15, -0.1) is 0 Å². The van der Waals surface area contributed by atoms with Crippen molar-refractivity contribution in [2.24, 2.45) is 0 Å². The molecule has 3 N–H and O–H groups in total. The zero-order chi connectivity index (χ0) is 9.72. The van der Waals surface area contributed by atoms with Crippen LogP contribution in [0.25, 0.3) is 0 Å². The van der Waals surface area contributed by atoms with E-state index in [4.69, 9.17) is 15.3 Å². The van der Waals surface area contributed by atoms with Gasteiger partial charge in [0, 0.05) is 0 Å². The van der Waals surface area contributed by atoms with E-state index in [9.17, 15) is 9.59 Å². The van der Waals surface area contributed by atoms with Crippen molar-refractivity contribution >= 4 is 12.1 Å². The Morgan fingerprint density at radius 2 is 1.92 bits per heavy atom. The summed E-state index contributed by atoms with van der Waals surface area (Å²) >= 11 is 0. The Morgan fingerprint density at radius 1 is 1.42 bits per heavy atom. The molecule has 0 aromatic carbocycles. The minimum absolute atomic E-state index is 0.0870. The summed E-state index contributed by atoms with van der Waals surface area (Å²) in [6.45, 7) is 1.58. The van der Waals surface area contributed by atoms with Gasteiger partial charge in [0.15, 0.2) is 6.29 Å². The highest BCUT2D eigenvalue weighted by Gasteiger charge is 2.28. The quantitative estimate of drug-likeness (QED) is 0.341. The Bertz CT molecular complexity index is 167. The maximum absolute atomic E-state index is 10.5. The Kier molecular flexibility index (Phi) is 4.65. The van der Waals surface area contributed by atoms with Crippen LogP contribution >= 0.6 is 0 Å². The molecule has 3 atom stereocenters. The summed E-state index contributed by atoms with van der Waals surface area (Å²) in [6.07, 6.45) is -4.49. The largest absolute Gasteiger partial charge is 0.390 e. The minimum atomic E-state index is -1.82. The van der Waals surface area contributed by atoms with Crippen molar-refractivity contribution in [3.63, 3.8) is 0 Å². The highest BCUT2D eigenvalue weighted by atomic mass is 16.4. The molecule has 0 aliphatic rings. The fraction of sp³-hybridized carbons (Fsp3) is 0.714. The topological polar surface area (TPSA) is 94.8 Å². The number of carbonyl (C=O) groups excluding carboxylic acids is 2. The molecule has 5 heteroatoms. The van der Waals surface area contributed by atoms with Crippen molar-refractivity contribution in [2.45, 2.75) is 31.7 Å². The molecule has 12 heavy (non-hydrogen) atoms. The van der Waals surface area contributed by atoms with Crippen molar-refractivity contribution < 1.29 is 24.9 Å². The van der Waals surface area contributed by atoms with Gasteiger partial charge in [-0.3, -0.25) is 9.59 Å². The predicted molar refractivity (Wildman–Crippen MR) is 39.4 cm³/mol. The maximum Gasteiger partial charge on any atom is 0.226 e. The third-order valence-electron chi connectivity index (χ3n) is 1.54. The number of ketones is 1. The molecule has 0 amide bonds. The molecule has 0 aliphatic carbocycles. The first-order valence-electron chi connectivity index (χ1n) is 3.57. The van der Waals surface area contributed by atoms with E-state index in [2.05, 4.69) is 0 Å². The van der Waals surface area contributed by atoms with E-state index < -0.39 is 24.1 Å². The van der Waals surface area contributed by atoms with E-state index in [0.29, 0.717) is 0 Å². The number of carbonyl (C=O) groups is 2. The van der Waals surface area contributed by atoms with Crippen LogP contribution < -0.4 is 0 Å². The summed E-state index contributed by atoms with van der Waals surface area (Å²) < 4.78 is 0. The average Bonchev–Trinajstić information content (AvgIpc) is 2.12. The van der Waals surface area contributed by atoms with Crippen molar-refractivity contribution in [3.8, 4) is 0 Å². The molecule has 0 spiro atoms. The molecule has 0 aromatic rings. The molecule has 0 rings (SSSR count). The zero-order valence-electron chi connectivity index (χ0n) is 6.67. The van der Waals surface area contributed by atoms with E-state index in [-0.39, 0.29) is 12.7 Å². The first kappa shape index (κ1) is 11.2. The Labute approximate surface area is 69.6 Å². The molecular weight excluding hydrogens is 164 g/mol. The number of Topliss-reactive ketones (excluding diaryl/α,β-unsaturated/α-hetero) is 1. The number of aliphatic hydroxyl groups is 3.